The first kappa shape index (κ1) is 24.1. The van der Waals surface area contributed by atoms with Crippen LogP contribution in [0.2, 0.25) is 5.15 Å². The molecule has 10 heteroatoms. The molecule has 0 unspecified atom stereocenters. The molecule has 0 amide bonds. The number of piperidine rings is 1. The maximum Gasteiger partial charge on any atom is 0.227 e. The third-order valence-corrected chi connectivity index (χ3v) is 7.46. The van der Waals surface area contributed by atoms with Gasteiger partial charge in [-0.3, -0.25) is 4.90 Å². The number of aryl methyl sites for hydroxylation is 1. The number of rotatable bonds is 6. The average Bonchev–Trinajstić information content (AvgIpc) is 3.44. The van der Waals surface area contributed by atoms with E-state index in [1.807, 2.05) is 30.9 Å². The fraction of sp³-hybridized carbons (Fsp3) is 0.480. The van der Waals surface area contributed by atoms with Gasteiger partial charge in [-0.1, -0.05) is 25.1 Å². The van der Waals surface area contributed by atoms with Crippen LogP contribution in [0, 0.1) is 6.92 Å². The second kappa shape index (κ2) is 9.81. The molecule has 8 nitrogen and oxygen atoms in total. The van der Waals surface area contributed by atoms with Crippen molar-refractivity contribution in [3.05, 3.63) is 47.4 Å². The van der Waals surface area contributed by atoms with Crippen LogP contribution in [-0.2, 0) is 4.74 Å². The molecule has 0 saturated carbocycles. The number of anilines is 2. The Morgan fingerprint density at radius 1 is 1.34 bits per heavy atom. The fourth-order valence-corrected chi connectivity index (χ4v) is 5.30. The van der Waals surface area contributed by atoms with E-state index in [4.69, 9.17) is 16.3 Å². The normalized spacial score (nSPS) is 25.3. The van der Waals surface area contributed by atoms with Gasteiger partial charge in [0, 0.05) is 29.7 Å². The number of ether oxygens (including phenoxy) is 1. The van der Waals surface area contributed by atoms with Crippen molar-refractivity contribution < 1.29 is 14.2 Å². The number of halogens is 2. The molecular formula is C25H30ClFN6O2. The van der Waals surface area contributed by atoms with Gasteiger partial charge in [0.1, 0.15) is 6.17 Å². The summed E-state index contributed by atoms with van der Waals surface area (Å²) in [6, 6.07) is 3.86. The van der Waals surface area contributed by atoms with E-state index in [1.54, 1.807) is 17.1 Å². The zero-order valence-electron chi connectivity index (χ0n) is 19.9. The molecule has 0 bridgehead atoms. The molecular weight excluding hydrogens is 471 g/mol. The van der Waals surface area contributed by atoms with Crippen molar-refractivity contribution in [3.63, 3.8) is 0 Å². The number of nitrogens with zero attached hydrogens (tertiary/aromatic N) is 5. The summed E-state index contributed by atoms with van der Waals surface area (Å²) < 4.78 is 22.4. The van der Waals surface area contributed by atoms with E-state index in [9.17, 15) is 5.11 Å². The predicted octanol–water partition coefficient (Wildman–Crippen LogP) is 4.30. The van der Waals surface area contributed by atoms with Gasteiger partial charge in [0.2, 0.25) is 5.95 Å². The maximum atomic E-state index is 15.4. The zero-order chi connectivity index (χ0) is 24.7. The summed E-state index contributed by atoms with van der Waals surface area (Å²) in [5.74, 6) is 0.159. The van der Waals surface area contributed by atoms with Crippen molar-refractivity contribution in [2.24, 2.45) is 0 Å². The number of benzene rings is 1. The van der Waals surface area contributed by atoms with E-state index < -0.39 is 12.3 Å². The van der Waals surface area contributed by atoms with Crippen LogP contribution in [0.5, 0.6) is 0 Å². The molecule has 0 radical (unpaired) electrons. The number of likely N-dealkylation sites (tertiary alicyclic amines) is 1. The van der Waals surface area contributed by atoms with Crippen LogP contribution in [0.15, 0.2) is 31.1 Å². The molecule has 0 aliphatic carbocycles. The number of hydrogen-bond donors (Lipinski definition) is 2. The molecule has 4 heterocycles. The highest BCUT2D eigenvalue weighted by molar-refractivity contribution is 6.32. The van der Waals surface area contributed by atoms with Gasteiger partial charge in [0.15, 0.2) is 5.15 Å². The predicted molar refractivity (Wildman–Crippen MR) is 135 cm³/mol. The Bertz CT molecular complexity index is 1250. The SMILES string of the molecule is C=C(CC)n1ncc(Nc2ncc3cc(C)c([C@H]4CCN([C@@H]5COC[C@@H]5O)C[C@@H]4F)cc3n2)c1Cl. The van der Waals surface area contributed by atoms with Gasteiger partial charge >= 0.3 is 0 Å². The van der Waals surface area contributed by atoms with Crippen molar-refractivity contribution in [3.8, 4) is 0 Å². The molecule has 0 spiro atoms. The molecule has 1 aromatic carbocycles. The number of aliphatic hydroxyl groups is 1. The quantitative estimate of drug-likeness (QED) is 0.521. The molecule has 2 aromatic heterocycles. The number of aromatic nitrogens is 4. The standard InChI is InChI=1S/C25H30ClFN6O2/c1-4-15(3)33-24(26)21(10-29-33)31-25-28-9-16-7-14(2)18(8-20(16)30-25)17-5-6-32(11-19(17)27)22-12-35-13-23(22)34/h7-10,17,19,22-23,34H,3-6,11-13H2,1-2H3,(H,28,30,31)/t17-,19+,22-,23+/m1/s1. The highest BCUT2D eigenvalue weighted by atomic mass is 35.5. The van der Waals surface area contributed by atoms with Gasteiger partial charge in [-0.05, 0) is 49.6 Å². The fourth-order valence-electron chi connectivity index (χ4n) is 5.04. The van der Waals surface area contributed by atoms with E-state index in [-0.39, 0.29) is 18.5 Å². The Hall–Kier alpha value is -2.59. The topological polar surface area (TPSA) is 88.3 Å². The lowest BCUT2D eigenvalue weighted by Gasteiger charge is -2.39. The van der Waals surface area contributed by atoms with Gasteiger partial charge in [-0.25, -0.2) is 19.0 Å². The summed E-state index contributed by atoms with van der Waals surface area (Å²) in [6.07, 6.45) is 3.17. The van der Waals surface area contributed by atoms with E-state index >= 15 is 4.39 Å². The van der Waals surface area contributed by atoms with Gasteiger partial charge in [0.25, 0.3) is 0 Å². The number of aliphatic hydroxyl groups excluding tert-OH is 1. The molecule has 2 N–H and O–H groups in total. The van der Waals surface area contributed by atoms with E-state index in [0.29, 0.717) is 36.4 Å². The molecule has 186 valence electrons. The molecule has 2 aliphatic heterocycles. The molecule has 2 fully saturated rings. The molecule has 5 rings (SSSR count). The lowest BCUT2D eigenvalue weighted by atomic mass is 9.84. The van der Waals surface area contributed by atoms with Crippen LogP contribution in [-0.4, -0.2) is 74.4 Å². The van der Waals surface area contributed by atoms with Crippen LogP contribution in [0.3, 0.4) is 0 Å². The highest BCUT2D eigenvalue weighted by Crippen LogP contribution is 2.36. The summed E-state index contributed by atoms with van der Waals surface area (Å²) >= 11 is 6.45. The Morgan fingerprint density at radius 3 is 2.89 bits per heavy atom. The van der Waals surface area contributed by atoms with Crippen molar-refractivity contribution in [2.75, 3.05) is 31.6 Å². The number of allylic oxidation sites excluding steroid dienone is 1. The summed E-state index contributed by atoms with van der Waals surface area (Å²) in [7, 11) is 0. The highest BCUT2D eigenvalue weighted by Gasteiger charge is 2.38. The van der Waals surface area contributed by atoms with Gasteiger partial charge in [-0.2, -0.15) is 5.10 Å². The first-order chi connectivity index (χ1) is 16.9. The average molecular weight is 501 g/mol. The minimum atomic E-state index is -1.04. The summed E-state index contributed by atoms with van der Waals surface area (Å²) in [6.45, 7) is 9.74. The van der Waals surface area contributed by atoms with E-state index in [1.165, 1.54) is 0 Å². The molecule has 35 heavy (non-hydrogen) atoms. The third kappa shape index (κ3) is 4.65. The molecule has 4 atom stereocenters. The smallest absolute Gasteiger partial charge is 0.227 e. The lowest BCUT2D eigenvalue weighted by Crippen LogP contribution is -2.50. The zero-order valence-corrected chi connectivity index (χ0v) is 20.7. The van der Waals surface area contributed by atoms with Gasteiger partial charge < -0.3 is 15.2 Å². The number of hydrogen-bond acceptors (Lipinski definition) is 7. The van der Waals surface area contributed by atoms with Crippen LogP contribution in [0.4, 0.5) is 16.0 Å². The van der Waals surface area contributed by atoms with Crippen molar-refractivity contribution >= 4 is 39.8 Å². The Morgan fingerprint density at radius 2 is 2.17 bits per heavy atom. The number of nitrogens with one attached hydrogen (secondary N) is 1. The summed E-state index contributed by atoms with van der Waals surface area (Å²) in [5.41, 5.74) is 4.09. The van der Waals surface area contributed by atoms with E-state index in [2.05, 4.69) is 27.0 Å². The Labute approximate surface area is 208 Å². The molecule has 2 aliphatic rings. The first-order valence-corrected chi connectivity index (χ1v) is 12.3. The Balaban J connectivity index is 1.37. The van der Waals surface area contributed by atoms with Gasteiger partial charge in [0.05, 0.1) is 42.8 Å². The minimum Gasteiger partial charge on any atom is -0.389 e. The molecule has 3 aromatic rings. The van der Waals surface area contributed by atoms with Crippen LogP contribution < -0.4 is 5.32 Å². The largest absolute Gasteiger partial charge is 0.389 e. The number of fused-ring (bicyclic) bond motifs is 1. The minimum absolute atomic E-state index is 0.126. The first-order valence-electron chi connectivity index (χ1n) is 12.0. The second-order valence-corrected chi connectivity index (χ2v) is 9.70. The number of alkyl halides is 1. The second-order valence-electron chi connectivity index (χ2n) is 9.35. The third-order valence-electron chi connectivity index (χ3n) is 7.09. The summed E-state index contributed by atoms with van der Waals surface area (Å²) in [4.78, 5) is 11.1. The van der Waals surface area contributed by atoms with Crippen molar-refractivity contribution in [1.29, 1.82) is 0 Å². The summed E-state index contributed by atoms with van der Waals surface area (Å²) in [5, 5.41) is 18.8. The monoisotopic (exact) mass is 500 g/mol. The van der Waals surface area contributed by atoms with E-state index in [0.717, 1.165) is 40.7 Å². The van der Waals surface area contributed by atoms with Crippen LogP contribution >= 0.6 is 11.6 Å². The molecule has 2 saturated heterocycles. The van der Waals surface area contributed by atoms with Gasteiger partial charge in [-0.15, -0.1) is 0 Å². The Kier molecular flexibility index (Phi) is 6.76. The van der Waals surface area contributed by atoms with Crippen molar-refractivity contribution in [2.45, 2.75) is 50.9 Å². The van der Waals surface area contributed by atoms with Crippen LogP contribution in [0.25, 0.3) is 16.6 Å². The van der Waals surface area contributed by atoms with Crippen LogP contribution in [0.1, 0.15) is 36.8 Å². The maximum absolute atomic E-state index is 15.4. The lowest BCUT2D eigenvalue weighted by molar-refractivity contribution is 0.0352. The van der Waals surface area contributed by atoms with Crippen molar-refractivity contribution in [1.82, 2.24) is 24.6 Å².